The van der Waals surface area contributed by atoms with E-state index in [-0.39, 0.29) is 0 Å². The van der Waals surface area contributed by atoms with Crippen molar-refractivity contribution < 1.29 is 13.9 Å². The lowest BCUT2D eigenvalue weighted by Crippen LogP contribution is -2.27. The van der Waals surface area contributed by atoms with Gasteiger partial charge in [0.15, 0.2) is 5.58 Å². The average Bonchev–Trinajstić information content (AvgIpc) is 3.05. The van der Waals surface area contributed by atoms with Crippen molar-refractivity contribution in [3.63, 3.8) is 0 Å². The fourth-order valence-electron chi connectivity index (χ4n) is 2.46. The molecule has 0 spiro atoms. The van der Waals surface area contributed by atoms with Crippen LogP contribution in [0.4, 0.5) is 6.01 Å². The maximum Gasteiger partial charge on any atom is 0.298 e. The van der Waals surface area contributed by atoms with Crippen molar-refractivity contribution in [1.29, 1.82) is 0 Å². The molecule has 3 aromatic rings. The molecule has 0 N–H and O–H groups in total. The number of benzene rings is 2. The lowest BCUT2D eigenvalue weighted by atomic mass is 10.2. The molecule has 2 aromatic carbocycles. The largest absolute Gasteiger partial charge is 0.423 e. The lowest BCUT2D eigenvalue weighted by molar-refractivity contribution is 0.0736. The van der Waals surface area contributed by atoms with Crippen LogP contribution in [-0.4, -0.2) is 38.5 Å². The molecule has 0 amide bonds. The van der Waals surface area contributed by atoms with E-state index >= 15 is 0 Å². The molecule has 5 heteroatoms. The van der Waals surface area contributed by atoms with Gasteiger partial charge in [-0.3, -0.25) is 0 Å². The number of nitrogens with zero attached hydrogens (tertiary/aromatic N) is 2. The van der Waals surface area contributed by atoms with Gasteiger partial charge >= 0.3 is 0 Å². The molecule has 1 heterocycles. The molecule has 0 radical (unpaired) electrons. The summed E-state index contributed by atoms with van der Waals surface area (Å²) in [6.45, 7) is 3.20. The Morgan fingerprint density at radius 2 is 1.75 bits per heavy atom. The van der Waals surface area contributed by atoms with Gasteiger partial charge < -0.3 is 18.8 Å². The maximum atomic E-state index is 5.92. The quantitative estimate of drug-likeness (QED) is 0.563. The van der Waals surface area contributed by atoms with Gasteiger partial charge in [0.05, 0.1) is 19.8 Å². The van der Waals surface area contributed by atoms with Crippen molar-refractivity contribution >= 4 is 17.1 Å². The molecule has 0 saturated carbocycles. The zero-order valence-corrected chi connectivity index (χ0v) is 13.9. The number of rotatable bonds is 9. The molecule has 0 unspecified atom stereocenters. The van der Waals surface area contributed by atoms with Gasteiger partial charge in [0.25, 0.3) is 6.01 Å². The second-order valence-electron chi connectivity index (χ2n) is 5.48. The molecule has 5 nitrogen and oxygen atoms in total. The molecule has 0 fully saturated rings. The number of para-hydroxylation sites is 2. The van der Waals surface area contributed by atoms with E-state index in [1.54, 1.807) is 7.11 Å². The zero-order chi connectivity index (χ0) is 16.6. The van der Waals surface area contributed by atoms with Crippen molar-refractivity contribution in [2.75, 3.05) is 38.4 Å². The Morgan fingerprint density at radius 3 is 2.54 bits per heavy atom. The average molecular weight is 326 g/mol. The van der Waals surface area contributed by atoms with Crippen molar-refractivity contribution in [2.24, 2.45) is 0 Å². The summed E-state index contributed by atoms with van der Waals surface area (Å²) in [5, 5.41) is 0. The number of ether oxygens (including phenoxy) is 2. The third-order valence-electron chi connectivity index (χ3n) is 3.71. The second kappa shape index (κ2) is 8.47. The normalized spacial score (nSPS) is 11.0. The first-order valence-electron chi connectivity index (χ1n) is 8.08. The topological polar surface area (TPSA) is 47.7 Å². The first-order valence-corrected chi connectivity index (χ1v) is 8.08. The Morgan fingerprint density at radius 1 is 0.958 bits per heavy atom. The number of hydrogen-bond donors (Lipinski definition) is 0. The van der Waals surface area contributed by atoms with Gasteiger partial charge in [0.1, 0.15) is 5.52 Å². The molecule has 24 heavy (non-hydrogen) atoms. The van der Waals surface area contributed by atoms with Crippen molar-refractivity contribution in [3.8, 4) is 0 Å². The van der Waals surface area contributed by atoms with Crippen LogP contribution in [0.15, 0.2) is 59.0 Å². The fraction of sp³-hybridized carbons (Fsp3) is 0.316. The monoisotopic (exact) mass is 326 g/mol. The molecule has 0 bridgehead atoms. The van der Waals surface area contributed by atoms with Crippen LogP contribution in [-0.2, 0) is 16.0 Å². The Hall–Kier alpha value is -2.37. The van der Waals surface area contributed by atoms with E-state index in [0.717, 1.165) is 17.6 Å². The van der Waals surface area contributed by atoms with Crippen LogP contribution in [0.25, 0.3) is 11.1 Å². The summed E-state index contributed by atoms with van der Waals surface area (Å²) in [4.78, 5) is 6.70. The standard InChI is InChI=1S/C19H22N2O3/c1-22-13-14-23-12-11-21(15-16-7-3-2-4-8-16)19-20-17-9-5-6-10-18(17)24-19/h2-10H,11-15H2,1H3. The molecule has 3 rings (SSSR count). The smallest absolute Gasteiger partial charge is 0.298 e. The van der Waals surface area contributed by atoms with Crippen LogP contribution in [0, 0.1) is 0 Å². The van der Waals surface area contributed by atoms with Crippen LogP contribution < -0.4 is 4.90 Å². The van der Waals surface area contributed by atoms with Crippen molar-refractivity contribution in [1.82, 2.24) is 4.98 Å². The molecule has 0 aliphatic carbocycles. The van der Waals surface area contributed by atoms with E-state index in [2.05, 4.69) is 22.0 Å². The minimum atomic E-state index is 0.587. The molecule has 0 aliphatic heterocycles. The molecular formula is C19H22N2O3. The van der Waals surface area contributed by atoms with Gasteiger partial charge in [-0.15, -0.1) is 0 Å². The van der Waals surface area contributed by atoms with Crippen molar-refractivity contribution in [2.45, 2.75) is 6.54 Å². The Labute approximate surface area is 141 Å². The molecule has 0 aliphatic rings. The highest BCUT2D eigenvalue weighted by Crippen LogP contribution is 2.22. The third-order valence-corrected chi connectivity index (χ3v) is 3.71. The Bertz CT molecular complexity index is 709. The summed E-state index contributed by atoms with van der Waals surface area (Å²) in [7, 11) is 1.67. The minimum absolute atomic E-state index is 0.587. The van der Waals surface area contributed by atoms with Gasteiger partial charge in [-0.1, -0.05) is 42.5 Å². The summed E-state index contributed by atoms with van der Waals surface area (Å²) in [5.41, 5.74) is 2.87. The van der Waals surface area contributed by atoms with Gasteiger partial charge in [0, 0.05) is 20.2 Å². The zero-order valence-electron chi connectivity index (χ0n) is 13.9. The van der Waals surface area contributed by atoms with E-state index < -0.39 is 0 Å². The Balaban J connectivity index is 1.73. The summed E-state index contributed by atoms with van der Waals surface area (Å²) < 4.78 is 16.5. The first kappa shape index (κ1) is 16.5. The number of fused-ring (bicyclic) bond motifs is 1. The fourth-order valence-corrected chi connectivity index (χ4v) is 2.46. The first-order chi connectivity index (χ1) is 11.9. The third kappa shape index (κ3) is 4.34. The van der Waals surface area contributed by atoms with Gasteiger partial charge in [-0.05, 0) is 17.7 Å². The van der Waals surface area contributed by atoms with Crippen LogP contribution in [0.5, 0.6) is 0 Å². The number of aromatic nitrogens is 1. The summed E-state index contributed by atoms with van der Waals surface area (Å²) in [6, 6.07) is 18.7. The van der Waals surface area contributed by atoms with Gasteiger partial charge in [-0.2, -0.15) is 4.98 Å². The maximum absolute atomic E-state index is 5.92. The highest BCUT2D eigenvalue weighted by atomic mass is 16.5. The molecule has 0 saturated heterocycles. The van der Waals surface area contributed by atoms with E-state index in [0.29, 0.717) is 32.4 Å². The Kier molecular flexibility index (Phi) is 5.82. The SMILES string of the molecule is COCCOCCN(Cc1ccccc1)c1nc2ccccc2o1. The van der Waals surface area contributed by atoms with Crippen LogP contribution >= 0.6 is 0 Å². The minimum Gasteiger partial charge on any atom is -0.423 e. The number of oxazole rings is 1. The van der Waals surface area contributed by atoms with Gasteiger partial charge in [-0.25, -0.2) is 0 Å². The summed E-state index contributed by atoms with van der Waals surface area (Å²) >= 11 is 0. The molecule has 126 valence electrons. The predicted molar refractivity (Wildman–Crippen MR) is 94.2 cm³/mol. The number of hydrogen-bond acceptors (Lipinski definition) is 5. The van der Waals surface area contributed by atoms with Crippen LogP contribution in [0.3, 0.4) is 0 Å². The number of methoxy groups -OCH3 is 1. The predicted octanol–water partition coefficient (Wildman–Crippen LogP) is 3.50. The highest BCUT2D eigenvalue weighted by Gasteiger charge is 2.14. The van der Waals surface area contributed by atoms with E-state index in [9.17, 15) is 0 Å². The summed E-state index contributed by atoms with van der Waals surface area (Å²) in [5.74, 6) is 0. The molecule has 1 aromatic heterocycles. The second-order valence-corrected chi connectivity index (χ2v) is 5.48. The van der Waals surface area contributed by atoms with Crippen LogP contribution in [0.2, 0.25) is 0 Å². The highest BCUT2D eigenvalue weighted by molar-refractivity contribution is 5.74. The van der Waals surface area contributed by atoms with Gasteiger partial charge in [0.2, 0.25) is 0 Å². The molecular weight excluding hydrogens is 304 g/mol. The van der Waals surface area contributed by atoms with Crippen molar-refractivity contribution in [3.05, 3.63) is 60.2 Å². The van der Waals surface area contributed by atoms with Crippen LogP contribution in [0.1, 0.15) is 5.56 Å². The molecule has 0 atom stereocenters. The van der Waals surface area contributed by atoms with E-state index in [1.807, 2.05) is 42.5 Å². The van der Waals surface area contributed by atoms with E-state index in [1.165, 1.54) is 5.56 Å². The summed E-state index contributed by atoms with van der Waals surface area (Å²) in [6.07, 6.45) is 0. The number of anilines is 1. The van der Waals surface area contributed by atoms with E-state index in [4.69, 9.17) is 13.9 Å². The lowest BCUT2D eigenvalue weighted by Gasteiger charge is -2.20.